The highest BCUT2D eigenvalue weighted by Crippen LogP contribution is 2.19. The zero-order valence-corrected chi connectivity index (χ0v) is 9.59. The molecule has 0 amide bonds. The molecule has 0 aliphatic rings. The molecular formula is C9H6ClN7O. The molecule has 3 heterocycles. The van der Waals surface area contributed by atoms with Gasteiger partial charge in [-0.1, -0.05) is 16.8 Å². The summed E-state index contributed by atoms with van der Waals surface area (Å²) in [5, 5.41) is 10.6. The normalized spacial score (nSPS) is 10.7. The molecule has 3 N–H and O–H groups in total. The van der Waals surface area contributed by atoms with Crippen molar-refractivity contribution in [1.82, 2.24) is 30.3 Å². The van der Waals surface area contributed by atoms with Gasteiger partial charge in [0.05, 0.1) is 5.02 Å². The molecule has 3 aromatic rings. The minimum atomic E-state index is 0.106. The van der Waals surface area contributed by atoms with E-state index in [1.807, 2.05) is 0 Å². The highest BCUT2D eigenvalue weighted by molar-refractivity contribution is 6.30. The molecule has 0 unspecified atom stereocenters. The van der Waals surface area contributed by atoms with Crippen molar-refractivity contribution in [3.63, 3.8) is 0 Å². The van der Waals surface area contributed by atoms with Crippen LogP contribution in [0.25, 0.3) is 23.2 Å². The molecule has 8 nitrogen and oxygen atoms in total. The molecule has 0 bridgehead atoms. The quantitative estimate of drug-likeness (QED) is 0.711. The van der Waals surface area contributed by atoms with Crippen LogP contribution in [-0.2, 0) is 0 Å². The SMILES string of the molecule is Nc1n[nH]c(-c2nc(-c3ccc(Cl)cn3)no2)n1. The van der Waals surface area contributed by atoms with Crippen LogP contribution in [-0.4, -0.2) is 30.3 Å². The number of nitrogens with one attached hydrogen (secondary N) is 1. The van der Waals surface area contributed by atoms with Gasteiger partial charge in [-0.15, -0.1) is 5.10 Å². The van der Waals surface area contributed by atoms with E-state index in [0.29, 0.717) is 22.4 Å². The lowest BCUT2D eigenvalue weighted by Gasteiger charge is -1.91. The highest BCUT2D eigenvalue weighted by Gasteiger charge is 2.14. The maximum Gasteiger partial charge on any atom is 0.295 e. The van der Waals surface area contributed by atoms with E-state index in [1.165, 1.54) is 6.20 Å². The zero-order valence-electron chi connectivity index (χ0n) is 8.83. The monoisotopic (exact) mass is 263 g/mol. The number of H-pyrrole nitrogens is 1. The molecular weight excluding hydrogens is 258 g/mol. The summed E-state index contributed by atoms with van der Waals surface area (Å²) in [6, 6.07) is 3.37. The maximum absolute atomic E-state index is 5.74. The molecule has 0 spiro atoms. The first-order chi connectivity index (χ1) is 8.72. The van der Waals surface area contributed by atoms with Crippen LogP contribution in [0.1, 0.15) is 0 Å². The summed E-state index contributed by atoms with van der Waals surface area (Å²) in [5.74, 6) is 0.928. The van der Waals surface area contributed by atoms with Gasteiger partial charge in [-0.2, -0.15) is 9.97 Å². The average Bonchev–Trinajstić information content (AvgIpc) is 2.98. The van der Waals surface area contributed by atoms with E-state index in [9.17, 15) is 0 Å². The van der Waals surface area contributed by atoms with E-state index in [2.05, 4.69) is 30.3 Å². The Morgan fingerprint density at radius 1 is 1.28 bits per heavy atom. The lowest BCUT2D eigenvalue weighted by molar-refractivity contribution is 0.429. The molecule has 0 aliphatic carbocycles. The van der Waals surface area contributed by atoms with Gasteiger partial charge in [0.2, 0.25) is 17.6 Å². The van der Waals surface area contributed by atoms with Gasteiger partial charge in [-0.3, -0.25) is 10.1 Å². The Morgan fingerprint density at radius 3 is 2.83 bits per heavy atom. The van der Waals surface area contributed by atoms with Crippen LogP contribution < -0.4 is 5.73 Å². The van der Waals surface area contributed by atoms with Crippen molar-refractivity contribution < 1.29 is 4.52 Å². The van der Waals surface area contributed by atoms with Crippen LogP contribution in [0.5, 0.6) is 0 Å². The van der Waals surface area contributed by atoms with Gasteiger partial charge in [-0.05, 0) is 12.1 Å². The number of aromatic nitrogens is 6. The highest BCUT2D eigenvalue weighted by atomic mass is 35.5. The summed E-state index contributed by atoms with van der Waals surface area (Å²) >= 11 is 5.74. The number of nitrogens with two attached hydrogens (primary N) is 1. The third-order valence-electron chi connectivity index (χ3n) is 2.09. The predicted molar refractivity (Wildman–Crippen MR) is 62.3 cm³/mol. The van der Waals surface area contributed by atoms with Gasteiger partial charge in [0.25, 0.3) is 5.89 Å². The summed E-state index contributed by atoms with van der Waals surface area (Å²) in [4.78, 5) is 12.1. The Balaban J connectivity index is 1.96. The lowest BCUT2D eigenvalue weighted by Crippen LogP contribution is -1.86. The number of hydrogen-bond acceptors (Lipinski definition) is 7. The Morgan fingerprint density at radius 2 is 2.17 bits per heavy atom. The Labute approximate surface area is 105 Å². The van der Waals surface area contributed by atoms with E-state index in [1.54, 1.807) is 12.1 Å². The summed E-state index contributed by atoms with van der Waals surface area (Å²) in [6.07, 6.45) is 1.50. The van der Waals surface area contributed by atoms with Crippen LogP contribution in [0.15, 0.2) is 22.9 Å². The van der Waals surface area contributed by atoms with Gasteiger partial charge in [-0.25, -0.2) is 0 Å². The summed E-state index contributed by atoms with van der Waals surface area (Å²) < 4.78 is 5.03. The van der Waals surface area contributed by atoms with Crippen LogP contribution >= 0.6 is 11.6 Å². The van der Waals surface area contributed by atoms with E-state index in [4.69, 9.17) is 21.9 Å². The Hall–Kier alpha value is -2.48. The number of halogens is 1. The van der Waals surface area contributed by atoms with Crippen LogP contribution in [0, 0.1) is 0 Å². The second-order valence-electron chi connectivity index (χ2n) is 3.33. The molecule has 90 valence electrons. The molecule has 3 aromatic heterocycles. The topological polar surface area (TPSA) is 119 Å². The van der Waals surface area contributed by atoms with Crippen LogP contribution in [0.2, 0.25) is 5.02 Å². The molecule has 0 fully saturated rings. The van der Waals surface area contributed by atoms with E-state index in [-0.39, 0.29) is 11.8 Å². The second kappa shape index (κ2) is 4.08. The molecule has 0 saturated carbocycles. The van der Waals surface area contributed by atoms with Gasteiger partial charge in [0, 0.05) is 6.20 Å². The number of nitrogens with zero attached hydrogens (tertiary/aromatic N) is 5. The largest absolute Gasteiger partial charge is 0.366 e. The van der Waals surface area contributed by atoms with Crippen molar-refractivity contribution >= 4 is 17.5 Å². The lowest BCUT2D eigenvalue weighted by atomic mass is 10.3. The van der Waals surface area contributed by atoms with E-state index >= 15 is 0 Å². The third-order valence-corrected chi connectivity index (χ3v) is 2.31. The zero-order chi connectivity index (χ0) is 12.5. The van der Waals surface area contributed by atoms with E-state index in [0.717, 1.165) is 0 Å². The maximum atomic E-state index is 5.74. The van der Waals surface area contributed by atoms with Crippen LogP contribution in [0.3, 0.4) is 0 Å². The van der Waals surface area contributed by atoms with Crippen molar-refractivity contribution in [2.45, 2.75) is 0 Å². The molecule has 0 aliphatic heterocycles. The predicted octanol–water partition coefficient (Wildman–Crippen LogP) is 1.15. The first-order valence-electron chi connectivity index (χ1n) is 4.86. The molecule has 0 aromatic carbocycles. The molecule has 0 radical (unpaired) electrons. The van der Waals surface area contributed by atoms with Gasteiger partial charge in [0.15, 0.2) is 0 Å². The fourth-order valence-corrected chi connectivity index (χ4v) is 1.41. The Bertz CT molecular complexity index is 674. The summed E-state index contributed by atoms with van der Waals surface area (Å²) in [5.41, 5.74) is 5.92. The van der Waals surface area contributed by atoms with Gasteiger partial charge < -0.3 is 10.3 Å². The van der Waals surface area contributed by atoms with Crippen molar-refractivity contribution in [3.05, 3.63) is 23.4 Å². The number of aromatic amines is 1. The molecule has 3 rings (SSSR count). The first kappa shape index (κ1) is 10.7. The third kappa shape index (κ3) is 1.89. The number of pyridine rings is 1. The van der Waals surface area contributed by atoms with Crippen molar-refractivity contribution in [3.8, 4) is 23.2 Å². The van der Waals surface area contributed by atoms with Crippen molar-refractivity contribution in [1.29, 1.82) is 0 Å². The minimum Gasteiger partial charge on any atom is -0.366 e. The molecule has 9 heteroatoms. The average molecular weight is 264 g/mol. The fraction of sp³-hybridized carbons (Fsp3) is 0. The molecule has 0 atom stereocenters. The van der Waals surface area contributed by atoms with Crippen molar-refractivity contribution in [2.75, 3.05) is 5.73 Å². The van der Waals surface area contributed by atoms with Crippen LogP contribution in [0.4, 0.5) is 5.95 Å². The van der Waals surface area contributed by atoms with Gasteiger partial charge >= 0.3 is 0 Å². The summed E-state index contributed by atoms with van der Waals surface area (Å²) in [7, 11) is 0. The summed E-state index contributed by atoms with van der Waals surface area (Å²) in [6.45, 7) is 0. The number of nitrogen functional groups attached to an aromatic ring is 1. The van der Waals surface area contributed by atoms with E-state index < -0.39 is 0 Å². The second-order valence-corrected chi connectivity index (χ2v) is 3.76. The number of hydrogen-bond donors (Lipinski definition) is 2. The smallest absolute Gasteiger partial charge is 0.295 e. The number of anilines is 1. The number of rotatable bonds is 2. The van der Waals surface area contributed by atoms with Crippen molar-refractivity contribution in [2.24, 2.45) is 0 Å². The fourth-order valence-electron chi connectivity index (χ4n) is 1.30. The van der Waals surface area contributed by atoms with Gasteiger partial charge in [0.1, 0.15) is 5.69 Å². The molecule has 18 heavy (non-hydrogen) atoms. The first-order valence-corrected chi connectivity index (χ1v) is 5.24. The minimum absolute atomic E-state index is 0.106. The Kier molecular flexibility index (Phi) is 2.41. The molecule has 0 saturated heterocycles. The standard InChI is InChI=1S/C9H6ClN7O/c10-4-1-2-5(12-3-4)6-13-8(18-17-6)7-14-9(11)16-15-7/h1-3H,(H3,11,14,15,16).